The molecule has 0 aromatic carbocycles. The van der Waals surface area contributed by atoms with Gasteiger partial charge < -0.3 is 14.4 Å². The molecular weight excluding hydrogens is 288 g/mol. The molecule has 10 heteroatoms. The fourth-order valence-electron chi connectivity index (χ4n) is 1.48. The maximum absolute atomic E-state index is 11.2. The van der Waals surface area contributed by atoms with Gasteiger partial charge in [0.15, 0.2) is 0 Å². The zero-order valence-corrected chi connectivity index (χ0v) is 12.1. The van der Waals surface area contributed by atoms with E-state index in [2.05, 4.69) is 9.68 Å². The van der Waals surface area contributed by atoms with Crippen molar-refractivity contribution in [2.24, 2.45) is 5.92 Å². The average Bonchev–Trinajstić information content (AvgIpc) is 2.33. The molecular formula is C11H20N2O8. The van der Waals surface area contributed by atoms with Crippen molar-refractivity contribution in [3.63, 3.8) is 0 Å². The van der Waals surface area contributed by atoms with Gasteiger partial charge >= 0.3 is 5.97 Å². The second kappa shape index (κ2) is 10.6. The minimum atomic E-state index is -1.04. The van der Waals surface area contributed by atoms with Crippen LogP contribution >= 0.6 is 0 Å². The van der Waals surface area contributed by atoms with E-state index in [0.29, 0.717) is 19.3 Å². The third kappa shape index (κ3) is 12.6. The summed E-state index contributed by atoms with van der Waals surface area (Å²) in [5, 5.41) is 18.2. The Balaban J connectivity index is 3.83. The van der Waals surface area contributed by atoms with Crippen molar-refractivity contribution in [3.8, 4) is 0 Å². The van der Waals surface area contributed by atoms with Gasteiger partial charge in [0.25, 0.3) is 10.2 Å². The lowest BCUT2D eigenvalue weighted by molar-refractivity contribution is -0.790. The molecule has 0 fully saturated rings. The van der Waals surface area contributed by atoms with E-state index in [1.165, 1.54) is 0 Å². The Labute approximate surface area is 121 Å². The summed E-state index contributed by atoms with van der Waals surface area (Å²) in [5.74, 6) is -0.0746. The van der Waals surface area contributed by atoms with Gasteiger partial charge in [0.2, 0.25) is 0 Å². The fourth-order valence-corrected chi connectivity index (χ4v) is 1.48. The van der Waals surface area contributed by atoms with E-state index < -0.39 is 22.9 Å². The van der Waals surface area contributed by atoms with Gasteiger partial charge in [-0.05, 0) is 25.2 Å². The van der Waals surface area contributed by atoms with E-state index in [1.807, 2.05) is 13.8 Å². The first-order valence-electron chi connectivity index (χ1n) is 6.55. The van der Waals surface area contributed by atoms with Crippen LogP contribution in [0.15, 0.2) is 0 Å². The molecule has 0 heterocycles. The zero-order valence-electron chi connectivity index (χ0n) is 12.1. The Bertz CT molecular complexity index is 347. The topological polar surface area (TPSA) is 131 Å². The Morgan fingerprint density at radius 3 is 2.33 bits per heavy atom. The Morgan fingerprint density at radius 1 is 1.14 bits per heavy atom. The Kier molecular flexibility index (Phi) is 9.55. The number of esters is 1. The van der Waals surface area contributed by atoms with Crippen LogP contribution in [0.3, 0.4) is 0 Å². The summed E-state index contributed by atoms with van der Waals surface area (Å²) in [4.78, 5) is 39.8. The van der Waals surface area contributed by atoms with Crippen LogP contribution in [0, 0.1) is 26.1 Å². The summed E-state index contributed by atoms with van der Waals surface area (Å²) in [6, 6.07) is 0. The second-order valence-corrected chi connectivity index (χ2v) is 4.78. The SMILES string of the molecule is CC(C)CC(=O)OCCCC[C@H](CO[N+](=O)[O-])O[N+](=O)[O-]. The second-order valence-electron chi connectivity index (χ2n) is 4.78. The fraction of sp³-hybridized carbons (Fsp3) is 0.909. The molecule has 0 aliphatic heterocycles. The molecule has 0 bridgehead atoms. The molecule has 0 N–H and O–H groups in total. The van der Waals surface area contributed by atoms with Crippen LogP contribution in [-0.4, -0.2) is 35.5 Å². The van der Waals surface area contributed by atoms with Crippen LogP contribution in [0.5, 0.6) is 0 Å². The molecule has 0 saturated heterocycles. The van der Waals surface area contributed by atoms with E-state index in [4.69, 9.17) is 4.74 Å². The van der Waals surface area contributed by atoms with Crippen molar-refractivity contribution < 1.29 is 29.4 Å². The molecule has 122 valence electrons. The van der Waals surface area contributed by atoms with Crippen molar-refractivity contribution in [1.82, 2.24) is 0 Å². The first-order valence-corrected chi connectivity index (χ1v) is 6.55. The molecule has 0 aromatic heterocycles. The molecule has 10 nitrogen and oxygen atoms in total. The standard InChI is InChI=1S/C11H20N2O8/c1-9(2)7-11(14)19-6-4-3-5-10(21-13(17)18)8-20-12(15)16/h9-10H,3-8H2,1-2H3/t10-/m1/s1. The minimum absolute atomic E-state index is 0.191. The zero-order chi connectivity index (χ0) is 16.3. The third-order valence-electron chi connectivity index (χ3n) is 2.36. The number of rotatable bonds is 12. The van der Waals surface area contributed by atoms with Gasteiger partial charge in [0.1, 0.15) is 12.7 Å². The van der Waals surface area contributed by atoms with Crippen LogP contribution in [0.1, 0.15) is 39.5 Å². The van der Waals surface area contributed by atoms with Gasteiger partial charge in [0.05, 0.1) is 6.61 Å². The van der Waals surface area contributed by atoms with E-state index in [-0.39, 0.29) is 24.9 Å². The van der Waals surface area contributed by atoms with E-state index in [9.17, 15) is 25.0 Å². The van der Waals surface area contributed by atoms with E-state index in [1.54, 1.807) is 0 Å². The van der Waals surface area contributed by atoms with E-state index >= 15 is 0 Å². The highest BCUT2D eigenvalue weighted by Gasteiger charge is 2.15. The number of carbonyl (C=O) groups excluding carboxylic acids is 1. The highest BCUT2D eigenvalue weighted by atomic mass is 17.0. The molecule has 0 aliphatic rings. The maximum Gasteiger partial charge on any atom is 0.306 e. The first-order chi connectivity index (χ1) is 9.81. The normalized spacial score (nSPS) is 11.8. The van der Waals surface area contributed by atoms with Gasteiger partial charge in [-0.1, -0.05) is 13.8 Å². The number of carbonyl (C=O) groups is 1. The van der Waals surface area contributed by atoms with Crippen molar-refractivity contribution in [2.75, 3.05) is 13.2 Å². The Morgan fingerprint density at radius 2 is 1.81 bits per heavy atom. The molecule has 1 atom stereocenters. The molecule has 0 radical (unpaired) electrons. The van der Waals surface area contributed by atoms with Crippen molar-refractivity contribution in [1.29, 1.82) is 0 Å². The van der Waals surface area contributed by atoms with Crippen LogP contribution < -0.4 is 0 Å². The largest absolute Gasteiger partial charge is 0.466 e. The number of ether oxygens (including phenoxy) is 1. The molecule has 0 unspecified atom stereocenters. The van der Waals surface area contributed by atoms with Crippen molar-refractivity contribution in [3.05, 3.63) is 20.2 Å². The van der Waals surface area contributed by atoms with Crippen LogP contribution in [0.2, 0.25) is 0 Å². The predicted molar refractivity (Wildman–Crippen MR) is 69.1 cm³/mol. The van der Waals surface area contributed by atoms with Gasteiger partial charge in [-0.15, -0.1) is 20.2 Å². The quantitative estimate of drug-likeness (QED) is 0.229. The molecule has 0 spiro atoms. The van der Waals surface area contributed by atoms with Crippen LogP contribution in [-0.2, 0) is 19.2 Å². The highest BCUT2D eigenvalue weighted by molar-refractivity contribution is 5.69. The molecule has 0 aliphatic carbocycles. The molecule has 0 rings (SSSR count). The van der Waals surface area contributed by atoms with Gasteiger partial charge in [-0.3, -0.25) is 4.79 Å². The molecule has 0 saturated carbocycles. The lowest BCUT2D eigenvalue weighted by Crippen LogP contribution is -2.24. The minimum Gasteiger partial charge on any atom is -0.466 e. The van der Waals surface area contributed by atoms with Gasteiger partial charge in [0, 0.05) is 6.42 Å². The molecule has 0 amide bonds. The first kappa shape index (κ1) is 18.9. The number of hydrogen-bond donors (Lipinski definition) is 0. The predicted octanol–water partition coefficient (Wildman–Crippen LogP) is 1.53. The lowest BCUT2D eigenvalue weighted by Gasteiger charge is -2.13. The summed E-state index contributed by atoms with van der Waals surface area (Å²) in [7, 11) is 0. The van der Waals surface area contributed by atoms with E-state index in [0.717, 1.165) is 0 Å². The third-order valence-corrected chi connectivity index (χ3v) is 2.36. The number of unbranched alkanes of at least 4 members (excludes halogenated alkanes) is 1. The summed E-state index contributed by atoms with van der Waals surface area (Å²) >= 11 is 0. The lowest BCUT2D eigenvalue weighted by atomic mass is 10.1. The number of hydrogen-bond acceptors (Lipinski definition) is 8. The Hall–Kier alpha value is -2.13. The van der Waals surface area contributed by atoms with Crippen LogP contribution in [0.4, 0.5) is 0 Å². The number of nitrogens with zero attached hydrogens (tertiary/aromatic N) is 2. The van der Waals surface area contributed by atoms with Gasteiger partial charge in [-0.25, -0.2) is 0 Å². The summed E-state index contributed by atoms with van der Waals surface area (Å²) in [6.07, 6.45) is 0.450. The highest BCUT2D eigenvalue weighted by Crippen LogP contribution is 2.08. The smallest absolute Gasteiger partial charge is 0.306 e. The summed E-state index contributed by atoms with van der Waals surface area (Å²) in [6.45, 7) is 3.49. The average molecular weight is 308 g/mol. The monoisotopic (exact) mass is 308 g/mol. The summed E-state index contributed by atoms with van der Waals surface area (Å²) < 4.78 is 4.96. The van der Waals surface area contributed by atoms with Crippen molar-refractivity contribution in [2.45, 2.75) is 45.6 Å². The maximum atomic E-state index is 11.2. The summed E-state index contributed by atoms with van der Waals surface area (Å²) in [5.41, 5.74) is 0. The molecule has 21 heavy (non-hydrogen) atoms. The molecule has 0 aromatic rings. The van der Waals surface area contributed by atoms with Crippen molar-refractivity contribution >= 4 is 5.97 Å². The van der Waals surface area contributed by atoms with Gasteiger partial charge in [-0.2, -0.15) is 0 Å². The van der Waals surface area contributed by atoms with Crippen LogP contribution in [0.25, 0.3) is 0 Å².